The molecule has 1 fully saturated rings. The number of aromatic amines is 1. The third-order valence-electron chi connectivity index (χ3n) is 5.09. The quantitative estimate of drug-likeness (QED) is 0.862. The van der Waals surface area contributed by atoms with E-state index >= 15 is 0 Å². The first-order valence-electron chi connectivity index (χ1n) is 7.93. The van der Waals surface area contributed by atoms with Gasteiger partial charge in [-0.2, -0.15) is 0 Å². The predicted octanol–water partition coefficient (Wildman–Crippen LogP) is 0.986. The second-order valence-electron chi connectivity index (χ2n) is 6.53. The van der Waals surface area contributed by atoms with Gasteiger partial charge in [0.15, 0.2) is 0 Å². The van der Waals surface area contributed by atoms with Gasteiger partial charge in [-0.25, -0.2) is 0 Å². The van der Waals surface area contributed by atoms with Gasteiger partial charge in [0.25, 0.3) is 5.91 Å². The van der Waals surface area contributed by atoms with E-state index in [1.165, 1.54) is 18.3 Å². The zero-order valence-corrected chi connectivity index (χ0v) is 13.1. The van der Waals surface area contributed by atoms with Crippen LogP contribution in [-0.4, -0.2) is 47.2 Å². The van der Waals surface area contributed by atoms with Crippen molar-refractivity contribution >= 4 is 5.91 Å². The maximum Gasteiger partial charge on any atom is 0.255 e. The molecule has 24 heavy (non-hydrogen) atoms. The van der Waals surface area contributed by atoms with Gasteiger partial charge in [-0.05, 0) is 17.7 Å². The van der Waals surface area contributed by atoms with Crippen molar-refractivity contribution in [2.24, 2.45) is 5.41 Å². The molecule has 1 aromatic heterocycles. The van der Waals surface area contributed by atoms with Gasteiger partial charge in [0.1, 0.15) is 5.75 Å². The highest BCUT2D eigenvalue weighted by Gasteiger charge is 2.52. The standard InChI is InChI=1S/C18H18N2O4/c21-10-18-9-20(17(23)12-5-6-16(22)19-7-12)8-14(18)13-3-1-2-4-15(13)24-11-18/h1-7,14,21H,8-11H2,(H,19,22)/t14-,18-/m0/s1. The Morgan fingerprint density at radius 3 is 2.92 bits per heavy atom. The number of likely N-dealkylation sites (tertiary alicyclic amines) is 1. The number of aromatic nitrogens is 1. The van der Waals surface area contributed by atoms with Gasteiger partial charge >= 0.3 is 0 Å². The Hall–Kier alpha value is -2.60. The van der Waals surface area contributed by atoms with Gasteiger partial charge in [0, 0.05) is 31.3 Å². The van der Waals surface area contributed by atoms with E-state index in [0.717, 1.165) is 11.3 Å². The van der Waals surface area contributed by atoms with E-state index in [1.54, 1.807) is 4.90 Å². The fourth-order valence-electron chi connectivity index (χ4n) is 3.75. The maximum absolute atomic E-state index is 12.8. The van der Waals surface area contributed by atoms with Crippen LogP contribution >= 0.6 is 0 Å². The summed E-state index contributed by atoms with van der Waals surface area (Å²) in [6.45, 7) is 1.31. The van der Waals surface area contributed by atoms with Gasteiger partial charge in [-0.3, -0.25) is 9.59 Å². The zero-order chi connectivity index (χ0) is 16.7. The number of ether oxygens (including phenoxy) is 1. The molecule has 2 N–H and O–H groups in total. The number of H-pyrrole nitrogens is 1. The second-order valence-corrected chi connectivity index (χ2v) is 6.53. The lowest BCUT2D eigenvalue weighted by atomic mass is 9.74. The van der Waals surface area contributed by atoms with Gasteiger partial charge in [-0.15, -0.1) is 0 Å². The molecule has 6 nitrogen and oxygen atoms in total. The molecule has 0 saturated carbocycles. The number of carbonyl (C=O) groups is 1. The Kier molecular flexibility index (Phi) is 3.42. The molecule has 2 atom stereocenters. The van der Waals surface area contributed by atoms with Crippen LogP contribution in [0.5, 0.6) is 5.75 Å². The van der Waals surface area contributed by atoms with E-state index in [2.05, 4.69) is 4.98 Å². The summed E-state index contributed by atoms with van der Waals surface area (Å²) in [5.74, 6) is 0.718. The van der Waals surface area contributed by atoms with Crippen LogP contribution in [0.15, 0.2) is 47.4 Å². The van der Waals surface area contributed by atoms with Crippen molar-refractivity contribution in [3.63, 3.8) is 0 Å². The maximum atomic E-state index is 12.8. The SMILES string of the molecule is O=C(c1ccc(=O)[nH]c1)N1C[C@H]2c3ccccc3OC[C@@]2(CO)C1. The molecule has 0 spiro atoms. The molecule has 0 unspecified atom stereocenters. The first-order valence-corrected chi connectivity index (χ1v) is 7.93. The van der Waals surface area contributed by atoms with Crippen LogP contribution < -0.4 is 10.3 Å². The Balaban J connectivity index is 1.67. The lowest BCUT2D eigenvalue weighted by molar-refractivity contribution is 0.0440. The minimum absolute atomic E-state index is 0.0403. The van der Waals surface area contributed by atoms with Crippen molar-refractivity contribution in [3.05, 3.63) is 64.1 Å². The molecular formula is C18H18N2O4. The van der Waals surface area contributed by atoms with Crippen molar-refractivity contribution in [1.82, 2.24) is 9.88 Å². The summed E-state index contributed by atoms with van der Waals surface area (Å²) in [4.78, 5) is 28.2. The lowest BCUT2D eigenvalue weighted by Gasteiger charge is -2.37. The molecule has 2 aliphatic heterocycles. The second kappa shape index (κ2) is 5.49. The molecule has 124 valence electrons. The fourth-order valence-corrected chi connectivity index (χ4v) is 3.75. The Morgan fingerprint density at radius 2 is 2.17 bits per heavy atom. The number of rotatable bonds is 2. The summed E-state index contributed by atoms with van der Waals surface area (Å²) in [6, 6.07) is 10.7. The van der Waals surface area contributed by atoms with E-state index in [9.17, 15) is 14.7 Å². The average molecular weight is 326 g/mol. The summed E-state index contributed by atoms with van der Waals surface area (Å²) >= 11 is 0. The summed E-state index contributed by atoms with van der Waals surface area (Å²) in [5, 5.41) is 10.0. The Labute approximate surface area is 138 Å². The molecule has 1 amide bonds. The molecule has 6 heteroatoms. The van der Waals surface area contributed by atoms with E-state index in [0.29, 0.717) is 25.3 Å². The topological polar surface area (TPSA) is 82.6 Å². The molecule has 3 heterocycles. The monoisotopic (exact) mass is 326 g/mol. The molecule has 0 radical (unpaired) electrons. The first kappa shape index (κ1) is 15.0. The molecule has 0 aliphatic carbocycles. The van der Waals surface area contributed by atoms with Gasteiger partial charge in [0.2, 0.25) is 5.56 Å². The lowest BCUT2D eigenvalue weighted by Crippen LogP contribution is -2.42. The molecular weight excluding hydrogens is 308 g/mol. The number of nitrogens with one attached hydrogen (secondary N) is 1. The number of hydrogen-bond acceptors (Lipinski definition) is 4. The number of fused-ring (bicyclic) bond motifs is 3. The van der Waals surface area contributed by atoms with Crippen molar-refractivity contribution < 1.29 is 14.6 Å². The number of nitrogens with zero attached hydrogens (tertiary/aromatic N) is 1. The highest BCUT2D eigenvalue weighted by molar-refractivity contribution is 5.94. The van der Waals surface area contributed by atoms with Gasteiger partial charge in [-0.1, -0.05) is 18.2 Å². The number of pyridine rings is 1. The third kappa shape index (κ3) is 2.22. The Morgan fingerprint density at radius 1 is 1.33 bits per heavy atom. The molecule has 2 aromatic rings. The number of aliphatic hydroxyl groups excluding tert-OH is 1. The summed E-state index contributed by atoms with van der Waals surface area (Å²) in [6.07, 6.45) is 1.43. The molecule has 2 aliphatic rings. The third-order valence-corrected chi connectivity index (χ3v) is 5.09. The highest BCUT2D eigenvalue weighted by Crippen LogP contribution is 2.49. The van der Waals surface area contributed by atoms with Crippen LogP contribution in [0.4, 0.5) is 0 Å². The Bertz CT molecular complexity index is 826. The summed E-state index contributed by atoms with van der Waals surface area (Å²) < 4.78 is 5.84. The van der Waals surface area contributed by atoms with Crippen LogP contribution in [0, 0.1) is 5.41 Å². The summed E-state index contributed by atoms with van der Waals surface area (Å²) in [7, 11) is 0. The fraction of sp³-hybridized carbons (Fsp3) is 0.333. The first-order chi connectivity index (χ1) is 11.6. The van der Waals surface area contributed by atoms with Crippen LogP contribution in [0.25, 0.3) is 0 Å². The smallest absolute Gasteiger partial charge is 0.255 e. The number of amides is 1. The van der Waals surface area contributed by atoms with Crippen molar-refractivity contribution in [2.75, 3.05) is 26.3 Å². The van der Waals surface area contributed by atoms with Crippen LogP contribution in [0.3, 0.4) is 0 Å². The van der Waals surface area contributed by atoms with E-state index in [4.69, 9.17) is 4.74 Å². The van der Waals surface area contributed by atoms with Crippen molar-refractivity contribution in [1.29, 1.82) is 0 Å². The van der Waals surface area contributed by atoms with Gasteiger partial charge < -0.3 is 19.7 Å². The molecule has 1 aromatic carbocycles. The average Bonchev–Trinajstić information content (AvgIpc) is 3.02. The number of hydrogen-bond donors (Lipinski definition) is 2. The van der Waals surface area contributed by atoms with Crippen LogP contribution in [-0.2, 0) is 0 Å². The molecule has 0 bridgehead atoms. The predicted molar refractivity (Wildman–Crippen MR) is 87.2 cm³/mol. The zero-order valence-electron chi connectivity index (χ0n) is 13.1. The minimum atomic E-state index is -0.480. The molecule has 4 rings (SSSR count). The van der Waals surface area contributed by atoms with Crippen molar-refractivity contribution in [3.8, 4) is 5.75 Å². The molecule has 1 saturated heterocycles. The normalized spacial score (nSPS) is 24.9. The highest BCUT2D eigenvalue weighted by atomic mass is 16.5. The largest absolute Gasteiger partial charge is 0.493 e. The van der Waals surface area contributed by atoms with Crippen molar-refractivity contribution in [2.45, 2.75) is 5.92 Å². The van der Waals surface area contributed by atoms with E-state index in [1.807, 2.05) is 24.3 Å². The van der Waals surface area contributed by atoms with Crippen LogP contribution in [0.1, 0.15) is 21.8 Å². The van der Waals surface area contributed by atoms with Gasteiger partial charge in [0.05, 0.1) is 24.2 Å². The number of aliphatic hydroxyl groups is 1. The minimum Gasteiger partial charge on any atom is -0.493 e. The summed E-state index contributed by atoms with van der Waals surface area (Å²) in [5.41, 5.74) is 0.757. The van der Waals surface area contributed by atoms with E-state index in [-0.39, 0.29) is 24.0 Å². The number of benzene rings is 1. The number of para-hydroxylation sites is 1. The van der Waals surface area contributed by atoms with Crippen LogP contribution in [0.2, 0.25) is 0 Å². The number of carbonyl (C=O) groups excluding carboxylic acids is 1. The van der Waals surface area contributed by atoms with E-state index < -0.39 is 5.41 Å².